The number of benzene rings is 1. The maximum atomic E-state index is 12.6. The molecule has 1 aliphatic heterocycles. The number of rotatable bonds is 6. The summed E-state index contributed by atoms with van der Waals surface area (Å²) >= 11 is 0. The summed E-state index contributed by atoms with van der Waals surface area (Å²) in [7, 11) is 0. The van der Waals surface area contributed by atoms with Crippen LogP contribution in [0.1, 0.15) is 47.5 Å². The van der Waals surface area contributed by atoms with Crippen molar-refractivity contribution in [3.8, 4) is 11.5 Å². The molecule has 0 spiro atoms. The first-order valence-corrected chi connectivity index (χ1v) is 9.86. The molecule has 1 aliphatic rings. The topological polar surface area (TPSA) is 77.1 Å². The summed E-state index contributed by atoms with van der Waals surface area (Å²) in [5.41, 5.74) is -0.597. The van der Waals surface area contributed by atoms with Crippen molar-refractivity contribution in [3.63, 3.8) is 0 Å². The van der Waals surface area contributed by atoms with E-state index < -0.39 is 17.7 Å². The number of amides is 2. The molecule has 1 atom stereocenters. The number of carbonyl (C=O) groups excluding carboxylic acids is 2. The molecule has 1 N–H and O–H groups in total. The molecule has 7 nitrogen and oxygen atoms in total. The van der Waals surface area contributed by atoms with Crippen molar-refractivity contribution in [2.24, 2.45) is 0 Å². The van der Waals surface area contributed by atoms with Crippen LogP contribution in [0.15, 0.2) is 24.3 Å². The average molecular weight is 392 g/mol. The zero-order valence-electron chi connectivity index (χ0n) is 17.5. The molecule has 0 saturated carbocycles. The first-order chi connectivity index (χ1) is 13.2. The van der Waals surface area contributed by atoms with Gasteiger partial charge in [-0.1, -0.05) is 12.1 Å². The lowest BCUT2D eigenvalue weighted by atomic mass is 10.1. The van der Waals surface area contributed by atoms with Gasteiger partial charge in [-0.15, -0.1) is 0 Å². The van der Waals surface area contributed by atoms with Crippen LogP contribution >= 0.6 is 0 Å². The van der Waals surface area contributed by atoms with Crippen LogP contribution < -0.4 is 14.8 Å². The van der Waals surface area contributed by atoms with Crippen LogP contribution in [-0.4, -0.2) is 54.3 Å². The predicted octanol–water partition coefficient (Wildman–Crippen LogP) is 3.37. The fraction of sp³-hybridized carbons (Fsp3) is 0.619. The van der Waals surface area contributed by atoms with Gasteiger partial charge in [0.1, 0.15) is 17.7 Å². The Morgan fingerprint density at radius 1 is 1.18 bits per heavy atom. The molecular weight excluding hydrogens is 360 g/mol. The number of hydrogen-bond acceptors (Lipinski definition) is 5. The average Bonchev–Trinajstić information content (AvgIpc) is 2.62. The maximum absolute atomic E-state index is 12.6. The lowest BCUT2D eigenvalue weighted by molar-refractivity contribution is -0.134. The Kier molecular flexibility index (Phi) is 7.54. The molecule has 2 amide bonds. The Morgan fingerprint density at radius 2 is 1.79 bits per heavy atom. The zero-order valence-corrected chi connectivity index (χ0v) is 17.5. The number of likely N-dealkylation sites (tertiary alicyclic amines) is 1. The van der Waals surface area contributed by atoms with Crippen LogP contribution in [0.4, 0.5) is 4.79 Å². The lowest BCUT2D eigenvalue weighted by Gasteiger charge is -2.34. The number of hydrogen-bond donors (Lipinski definition) is 1. The number of carbonyl (C=O) groups is 2. The highest BCUT2D eigenvalue weighted by molar-refractivity contribution is 5.85. The van der Waals surface area contributed by atoms with Crippen molar-refractivity contribution in [2.75, 3.05) is 19.7 Å². The predicted molar refractivity (Wildman–Crippen MR) is 107 cm³/mol. The Labute approximate surface area is 167 Å². The second-order valence-electron chi connectivity index (χ2n) is 7.89. The van der Waals surface area contributed by atoms with Gasteiger partial charge in [-0.3, -0.25) is 4.79 Å². The van der Waals surface area contributed by atoms with E-state index in [1.807, 2.05) is 31.2 Å². The summed E-state index contributed by atoms with van der Waals surface area (Å²) in [4.78, 5) is 26.2. The molecule has 0 aliphatic carbocycles. The van der Waals surface area contributed by atoms with Crippen LogP contribution in [0.2, 0.25) is 0 Å². The van der Waals surface area contributed by atoms with E-state index in [-0.39, 0.29) is 12.0 Å². The normalized spacial score (nSPS) is 16.2. The molecule has 1 saturated heterocycles. The van der Waals surface area contributed by atoms with Gasteiger partial charge >= 0.3 is 6.09 Å². The third-order valence-electron chi connectivity index (χ3n) is 4.30. The summed E-state index contributed by atoms with van der Waals surface area (Å²) in [6, 6.07) is 6.99. The van der Waals surface area contributed by atoms with Gasteiger partial charge in [-0.2, -0.15) is 0 Å². The molecule has 1 fully saturated rings. The van der Waals surface area contributed by atoms with Crippen molar-refractivity contribution in [3.05, 3.63) is 24.3 Å². The Balaban J connectivity index is 1.83. The lowest BCUT2D eigenvalue weighted by Crippen LogP contribution is -2.51. The summed E-state index contributed by atoms with van der Waals surface area (Å²) in [6.07, 6.45) is 0.898. The highest BCUT2D eigenvalue weighted by Gasteiger charge is 2.29. The highest BCUT2D eigenvalue weighted by atomic mass is 16.6. The molecule has 0 unspecified atom stereocenters. The first-order valence-electron chi connectivity index (χ1n) is 9.86. The van der Waals surface area contributed by atoms with Gasteiger partial charge in [0, 0.05) is 25.9 Å². The summed E-state index contributed by atoms with van der Waals surface area (Å²) in [5, 5.41) is 2.61. The van der Waals surface area contributed by atoms with Crippen molar-refractivity contribution >= 4 is 12.0 Å². The quantitative estimate of drug-likeness (QED) is 0.803. The number of alkyl carbamates (subject to hydrolysis) is 1. The van der Waals surface area contributed by atoms with Gasteiger partial charge in [0.25, 0.3) is 0 Å². The molecule has 0 radical (unpaired) electrons. The largest absolute Gasteiger partial charge is 0.490 e. The molecule has 156 valence electrons. The molecular formula is C21H32N2O5. The fourth-order valence-corrected chi connectivity index (χ4v) is 3.02. The summed E-state index contributed by atoms with van der Waals surface area (Å²) in [6.45, 7) is 10.7. The monoisotopic (exact) mass is 392 g/mol. The number of nitrogens with zero attached hydrogens (tertiary/aromatic N) is 1. The van der Waals surface area contributed by atoms with Crippen molar-refractivity contribution < 1.29 is 23.8 Å². The molecule has 1 aromatic rings. The van der Waals surface area contributed by atoms with Crippen LogP contribution in [-0.2, 0) is 9.53 Å². The van der Waals surface area contributed by atoms with E-state index in [4.69, 9.17) is 14.2 Å². The van der Waals surface area contributed by atoms with E-state index in [1.165, 1.54) is 0 Å². The molecule has 7 heteroatoms. The van der Waals surface area contributed by atoms with E-state index in [0.29, 0.717) is 19.7 Å². The maximum Gasteiger partial charge on any atom is 0.408 e. The van der Waals surface area contributed by atoms with Gasteiger partial charge in [0.05, 0.1) is 6.61 Å². The van der Waals surface area contributed by atoms with Gasteiger partial charge in [-0.25, -0.2) is 4.79 Å². The second-order valence-corrected chi connectivity index (χ2v) is 7.89. The van der Waals surface area contributed by atoms with Crippen molar-refractivity contribution in [2.45, 2.75) is 65.2 Å². The number of ether oxygens (including phenoxy) is 3. The van der Waals surface area contributed by atoms with E-state index in [1.54, 1.807) is 32.6 Å². The number of piperidine rings is 1. The minimum atomic E-state index is -0.633. The van der Waals surface area contributed by atoms with E-state index >= 15 is 0 Å². The smallest absolute Gasteiger partial charge is 0.408 e. The molecule has 0 aromatic heterocycles. The third kappa shape index (κ3) is 6.62. The Morgan fingerprint density at radius 3 is 2.36 bits per heavy atom. The molecule has 1 heterocycles. The highest BCUT2D eigenvalue weighted by Crippen LogP contribution is 2.29. The summed E-state index contributed by atoms with van der Waals surface area (Å²) in [5.74, 6) is 1.35. The Bertz CT molecular complexity index is 663. The van der Waals surface area contributed by atoms with Gasteiger partial charge in [0.2, 0.25) is 5.91 Å². The minimum absolute atomic E-state index is 0.0276. The van der Waals surface area contributed by atoms with E-state index in [9.17, 15) is 9.59 Å². The Hall–Kier alpha value is -2.44. The number of nitrogens with one attached hydrogen (secondary N) is 1. The molecule has 1 aromatic carbocycles. The van der Waals surface area contributed by atoms with Crippen LogP contribution in [0.25, 0.3) is 0 Å². The van der Waals surface area contributed by atoms with Crippen molar-refractivity contribution in [1.29, 1.82) is 0 Å². The van der Waals surface area contributed by atoms with Gasteiger partial charge in [-0.05, 0) is 46.8 Å². The standard InChI is InChI=1S/C21H32N2O5/c1-6-26-17-9-7-8-10-18(17)27-16-11-13-23(14-12-16)19(24)15(2)22-20(25)28-21(3,4)5/h7-10,15-16H,6,11-14H2,1-5H3,(H,22,25)/t15-/m1/s1. The van der Waals surface area contributed by atoms with Crippen LogP contribution in [0.3, 0.4) is 0 Å². The van der Waals surface area contributed by atoms with E-state index in [2.05, 4.69) is 5.32 Å². The fourth-order valence-electron chi connectivity index (χ4n) is 3.02. The van der Waals surface area contributed by atoms with Gasteiger partial charge in [0.15, 0.2) is 11.5 Å². The number of para-hydroxylation sites is 2. The SMILES string of the molecule is CCOc1ccccc1OC1CCN(C(=O)[C@@H](C)NC(=O)OC(C)(C)C)CC1. The van der Waals surface area contributed by atoms with Crippen LogP contribution in [0.5, 0.6) is 11.5 Å². The van der Waals surface area contributed by atoms with Crippen molar-refractivity contribution in [1.82, 2.24) is 10.2 Å². The zero-order chi connectivity index (χ0) is 20.7. The van der Waals surface area contributed by atoms with E-state index in [0.717, 1.165) is 24.3 Å². The van der Waals surface area contributed by atoms with Gasteiger partial charge < -0.3 is 24.4 Å². The van der Waals surface area contributed by atoms with Crippen LogP contribution in [0, 0.1) is 0 Å². The molecule has 0 bridgehead atoms. The second kappa shape index (κ2) is 9.66. The first kappa shape index (κ1) is 21.9. The third-order valence-corrected chi connectivity index (χ3v) is 4.30. The molecule has 2 rings (SSSR count). The molecule has 28 heavy (non-hydrogen) atoms. The summed E-state index contributed by atoms with van der Waals surface area (Å²) < 4.78 is 16.9. The minimum Gasteiger partial charge on any atom is -0.490 e.